The number of Topliss-reactive ketones (excluding diaryl/α,β-unsaturated/α-hetero) is 1. The van der Waals surface area contributed by atoms with Gasteiger partial charge in [0.15, 0.2) is 17.8 Å². The molecule has 5 rings (SSSR count). The number of hydrogen-bond acceptors (Lipinski definition) is 7. The van der Waals surface area contributed by atoms with Gasteiger partial charge in [-0.15, -0.1) is 0 Å². The Morgan fingerprint density at radius 1 is 1.00 bits per heavy atom. The summed E-state index contributed by atoms with van der Waals surface area (Å²) >= 11 is 0. The molecule has 5 aromatic rings. The average molecular weight is 524 g/mol. The molecule has 0 aliphatic carbocycles. The van der Waals surface area contributed by atoms with Crippen LogP contribution in [0.25, 0.3) is 33.7 Å². The van der Waals surface area contributed by atoms with Crippen molar-refractivity contribution in [3.63, 3.8) is 0 Å². The molecule has 0 amide bonds. The van der Waals surface area contributed by atoms with E-state index in [4.69, 9.17) is 13.7 Å². The standard InChI is InChI=1S/C27H16F4N2O5/c1-14(34)15-3-2-4-16(7-15)23-12-22(35)21-6-5-20(11-24(21)37-23)36-13-25-32-26(38-33-25)17-8-18(27(29,30)31)10-19(28)9-17/h2-12H,13H2,1H3. The summed E-state index contributed by atoms with van der Waals surface area (Å²) in [6, 6.07) is 14.5. The number of benzene rings is 3. The van der Waals surface area contributed by atoms with Crippen LogP contribution >= 0.6 is 0 Å². The third-order valence-corrected chi connectivity index (χ3v) is 5.56. The molecule has 0 saturated carbocycles. The molecule has 0 spiro atoms. The Hall–Kier alpha value is -4.80. The smallest absolute Gasteiger partial charge is 0.416 e. The van der Waals surface area contributed by atoms with E-state index < -0.39 is 17.6 Å². The predicted octanol–water partition coefficient (Wildman–Crippen LogP) is 6.45. The maximum atomic E-state index is 13.7. The first kappa shape index (κ1) is 24.9. The van der Waals surface area contributed by atoms with Gasteiger partial charge in [0.2, 0.25) is 5.82 Å². The van der Waals surface area contributed by atoms with Crippen LogP contribution in [0.3, 0.4) is 0 Å². The monoisotopic (exact) mass is 524 g/mol. The topological polar surface area (TPSA) is 95.4 Å². The summed E-state index contributed by atoms with van der Waals surface area (Å²) in [5.41, 5.74) is -0.467. The summed E-state index contributed by atoms with van der Waals surface area (Å²) in [6.07, 6.45) is -4.75. The lowest BCUT2D eigenvalue weighted by atomic mass is 10.1. The van der Waals surface area contributed by atoms with Crippen molar-refractivity contribution in [3.05, 3.63) is 99.7 Å². The van der Waals surface area contributed by atoms with E-state index in [2.05, 4.69) is 10.1 Å². The van der Waals surface area contributed by atoms with Gasteiger partial charge in [-0.2, -0.15) is 18.2 Å². The molecule has 0 fully saturated rings. The summed E-state index contributed by atoms with van der Waals surface area (Å²) in [5.74, 6) is -1.00. The molecule has 0 bridgehead atoms. The molecule has 192 valence electrons. The Kier molecular flexibility index (Phi) is 6.27. The summed E-state index contributed by atoms with van der Waals surface area (Å²) in [5, 5.41) is 3.97. The van der Waals surface area contributed by atoms with E-state index in [0.717, 1.165) is 6.07 Å². The second-order valence-electron chi connectivity index (χ2n) is 8.30. The Bertz CT molecular complexity index is 1740. The molecular formula is C27H16F4N2O5. The number of hydrogen-bond donors (Lipinski definition) is 0. The molecule has 7 nitrogen and oxygen atoms in total. The van der Waals surface area contributed by atoms with E-state index in [1.165, 1.54) is 31.2 Å². The maximum absolute atomic E-state index is 13.7. The summed E-state index contributed by atoms with van der Waals surface area (Å²) < 4.78 is 69.2. The lowest BCUT2D eigenvalue weighted by molar-refractivity contribution is -0.137. The van der Waals surface area contributed by atoms with Gasteiger partial charge in [-0.25, -0.2) is 4.39 Å². The van der Waals surface area contributed by atoms with Gasteiger partial charge >= 0.3 is 6.18 Å². The van der Waals surface area contributed by atoms with Gasteiger partial charge in [0.25, 0.3) is 5.89 Å². The predicted molar refractivity (Wildman–Crippen MR) is 127 cm³/mol. The normalized spacial score (nSPS) is 11.6. The van der Waals surface area contributed by atoms with Crippen LogP contribution < -0.4 is 10.2 Å². The van der Waals surface area contributed by atoms with Crippen molar-refractivity contribution in [1.82, 2.24) is 10.1 Å². The number of alkyl halides is 3. The number of ketones is 1. The Labute approximate surface area is 211 Å². The first-order chi connectivity index (χ1) is 18.1. The molecule has 0 aliphatic rings. The molecule has 3 aromatic carbocycles. The summed E-state index contributed by atoms with van der Waals surface area (Å²) in [4.78, 5) is 28.3. The molecule has 0 saturated heterocycles. The van der Waals surface area contributed by atoms with Crippen LogP contribution in [0, 0.1) is 5.82 Å². The zero-order chi connectivity index (χ0) is 27.0. The van der Waals surface area contributed by atoms with E-state index >= 15 is 0 Å². The van der Waals surface area contributed by atoms with Gasteiger partial charge in [-0.3, -0.25) is 9.59 Å². The first-order valence-corrected chi connectivity index (χ1v) is 11.1. The number of ether oxygens (including phenoxy) is 1. The van der Waals surface area contributed by atoms with Crippen LogP contribution in [0.4, 0.5) is 17.6 Å². The van der Waals surface area contributed by atoms with Crippen molar-refractivity contribution < 1.29 is 36.0 Å². The average Bonchev–Trinajstić information content (AvgIpc) is 3.36. The lowest BCUT2D eigenvalue weighted by Gasteiger charge is -2.07. The molecule has 0 aliphatic heterocycles. The third kappa shape index (κ3) is 5.17. The first-order valence-electron chi connectivity index (χ1n) is 11.1. The fourth-order valence-electron chi connectivity index (χ4n) is 3.71. The van der Waals surface area contributed by atoms with Gasteiger partial charge in [0.05, 0.1) is 10.9 Å². The fourth-order valence-corrected chi connectivity index (χ4v) is 3.71. The highest BCUT2D eigenvalue weighted by Gasteiger charge is 2.32. The number of carbonyl (C=O) groups is 1. The molecule has 0 radical (unpaired) electrons. The SMILES string of the molecule is CC(=O)c1cccc(-c2cc(=O)c3ccc(OCc4noc(-c5cc(F)cc(C(F)(F)F)c5)n4)cc3o2)c1. The van der Waals surface area contributed by atoms with Crippen LogP contribution in [0.1, 0.15) is 28.7 Å². The van der Waals surface area contributed by atoms with Crippen molar-refractivity contribution >= 4 is 16.8 Å². The number of carbonyl (C=O) groups excluding carboxylic acids is 1. The Balaban J connectivity index is 1.38. The highest BCUT2D eigenvalue weighted by molar-refractivity contribution is 5.95. The van der Waals surface area contributed by atoms with Crippen LogP contribution in [0.15, 0.2) is 80.5 Å². The number of nitrogens with zero attached hydrogens (tertiary/aromatic N) is 2. The number of rotatable bonds is 6. The van der Waals surface area contributed by atoms with Crippen LogP contribution in [-0.2, 0) is 12.8 Å². The Morgan fingerprint density at radius 3 is 2.58 bits per heavy atom. The highest BCUT2D eigenvalue weighted by atomic mass is 19.4. The fraction of sp³-hybridized carbons (Fsp3) is 0.111. The van der Waals surface area contributed by atoms with Crippen molar-refractivity contribution in [2.75, 3.05) is 0 Å². The number of aromatic nitrogens is 2. The van der Waals surface area contributed by atoms with E-state index in [1.807, 2.05) is 0 Å². The van der Waals surface area contributed by atoms with Gasteiger partial charge in [0.1, 0.15) is 22.9 Å². The second-order valence-corrected chi connectivity index (χ2v) is 8.30. The molecule has 2 aromatic heterocycles. The van der Waals surface area contributed by atoms with Gasteiger partial charge < -0.3 is 13.7 Å². The van der Waals surface area contributed by atoms with E-state index in [0.29, 0.717) is 28.6 Å². The van der Waals surface area contributed by atoms with Crippen molar-refractivity contribution in [1.29, 1.82) is 0 Å². The minimum absolute atomic E-state index is 0.00540. The molecule has 2 heterocycles. The van der Waals surface area contributed by atoms with Gasteiger partial charge in [0, 0.05) is 28.8 Å². The molecular weight excluding hydrogens is 508 g/mol. The molecule has 0 atom stereocenters. The van der Waals surface area contributed by atoms with E-state index in [1.54, 1.807) is 24.3 Å². The summed E-state index contributed by atoms with van der Waals surface area (Å²) in [7, 11) is 0. The zero-order valence-electron chi connectivity index (χ0n) is 19.5. The van der Waals surface area contributed by atoms with Crippen molar-refractivity contribution in [2.24, 2.45) is 0 Å². The largest absolute Gasteiger partial charge is 0.485 e. The quantitative estimate of drug-likeness (QED) is 0.186. The molecule has 0 N–H and O–H groups in total. The van der Waals surface area contributed by atoms with E-state index in [-0.39, 0.29) is 52.2 Å². The van der Waals surface area contributed by atoms with Crippen LogP contribution in [-0.4, -0.2) is 15.9 Å². The second kappa shape index (κ2) is 9.58. The molecule has 0 unspecified atom stereocenters. The highest BCUT2D eigenvalue weighted by Crippen LogP contribution is 2.33. The molecule has 38 heavy (non-hydrogen) atoms. The van der Waals surface area contributed by atoms with Crippen molar-refractivity contribution in [3.8, 4) is 28.5 Å². The lowest BCUT2D eigenvalue weighted by Crippen LogP contribution is -2.05. The Morgan fingerprint density at radius 2 is 1.82 bits per heavy atom. The molecule has 11 heteroatoms. The van der Waals surface area contributed by atoms with Gasteiger partial charge in [-0.1, -0.05) is 23.4 Å². The van der Waals surface area contributed by atoms with Crippen LogP contribution in [0.2, 0.25) is 0 Å². The minimum atomic E-state index is -4.75. The minimum Gasteiger partial charge on any atom is -0.485 e. The van der Waals surface area contributed by atoms with Gasteiger partial charge in [-0.05, 0) is 43.3 Å². The maximum Gasteiger partial charge on any atom is 0.416 e. The number of halogens is 4. The van der Waals surface area contributed by atoms with Crippen LogP contribution in [0.5, 0.6) is 5.75 Å². The van der Waals surface area contributed by atoms with Crippen molar-refractivity contribution in [2.45, 2.75) is 19.7 Å². The number of fused-ring (bicyclic) bond motifs is 1. The summed E-state index contributed by atoms with van der Waals surface area (Å²) in [6.45, 7) is 1.20. The third-order valence-electron chi connectivity index (χ3n) is 5.56. The zero-order valence-corrected chi connectivity index (χ0v) is 19.5. The van der Waals surface area contributed by atoms with E-state index in [9.17, 15) is 27.2 Å².